The Kier molecular flexibility index (Phi) is 5.85. The highest BCUT2D eigenvalue weighted by Crippen LogP contribution is 2.32. The van der Waals surface area contributed by atoms with E-state index in [2.05, 4.69) is 21.8 Å². The van der Waals surface area contributed by atoms with Crippen molar-refractivity contribution in [2.75, 3.05) is 26.7 Å². The maximum Gasteiger partial charge on any atom is 0.240 e. The van der Waals surface area contributed by atoms with E-state index >= 15 is 0 Å². The summed E-state index contributed by atoms with van der Waals surface area (Å²) in [4.78, 5) is 2.66. The van der Waals surface area contributed by atoms with Gasteiger partial charge in [0.05, 0.1) is 12.0 Å². The van der Waals surface area contributed by atoms with Crippen LogP contribution in [0.1, 0.15) is 24.4 Å². The summed E-state index contributed by atoms with van der Waals surface area (Å²) in [6.07, 6.45) is 2.21. The number of benzene rings is 3. The van der Waals surface area contributed by atoms with Crippen molar-refractivity contribution < 1.29 is 13.2 Å². The molecule has 0 spiro atoms. The van der Waals surface area contributed by atoms with E-state index < -0.39 is 10.0 Å². The van der Waals surface area contributed by atoms with Crippen LogP contribution >= 0.6 is 0 Å². The molecule has 5 nitrogen and oxygen atoms in total. The molecule has 1 aliphatic rings. The van der Waals surface area contributed by atoms with Crippen LogP contribution in [0.2, 0.25) is 0 Å². The van der Waals surface area contributed by atoms with Gasteiger partial charge in [0.2, 0.25) is 10.0 Å². The highest BCUT2D eigenvalue weighted by atomic mass is 32.2. The van der Waals surface area contributed by atoms with Crippen LogP contribution in [0.25, 0.3) is 10.8 Å². The molecule has 6 heteroatoms. The molecule has 0 aliphatic carbocycles. The van der Waals surface area contributed by atoms with E-state index in [0.29, 0.717) is 24.0 Å². The first-order valence-corrected chi connectivity index (χ1v) is 11.4. The second-order valence-electron chi connectivity index (χ2n) is 7.37. The van der Waals surface area contributed by atoms with Crippen molar-refractivity contribution >= 4 is 20.8 Å². The maximum atomic E-state index is 12.7. The van der Waals surface area contributed by atoms with Crippen LogP contribution in [0, 0.1) is 0 Å². The zero-order valence-corrected chi connectivity index (χ0v) is 17.4. The first-order valence-electron chi connectivity index (χ1n) is 9.93. The number of hydrogen-bond donors (Lipinski definition) is 1. The van der Waals surface area contributed by atoms with E-state index in [1.54, 1.807) is 19.2 Å². The molecule has 1 unspecified atom stereocenters. The third-order valence-corrected chi connectivity index (χ3v) is 7.05. The third kappa shape index (κ3) is 4.45. The Morgan fingerprint density at radius 2 is 1.79 bits per heavy atom. The lowest BCUT2D eigenvalue weighted by Gasteiger charge is -2.25. The molecule has 0 amide bonds. The van der Waals surface area contributed by atoms with Gasteiger partial charge in [0.15, 0.2) is 0 Å². The van der Waals surface area contributed by atoms with Crippen molar-refractivity contribution in [2.24, 2.45) is 0 Å². The van der Waals surface area contributed by atoms with Gasteiger partial charge in [-0.2, -0.15) is 0 Å². The van der Waals surface area contributed by atoms with Crippen LogP contribution in [-0.4, -0.2) is 40.1 Å². The van der Waals surface area contributed by atoms with Gasteiger partial charge in [-0.1, -0.05) is 42.5 Å². The predicted molar refractivity (Wildman–Crippen MR) is 116 cm³/mol. The summed E-state index contributed by atoms with van der Waals surface area (Å²) in [5, 5.41) is 1.96. The first kappa shape index (κ1) is 19.9. The van der Waals surface area contributed by atoms with Gasteiger partial charge in [0.25, 0.3) is 0 Å². The minimum absolute atomic E-state index is 0.310. The lowest BCUT2D eigenvalue weighted by molar-refractivity contribution is 0.261. The van der Waals surface area contributed by atoms with Crippen LogP contribution in [0.4, 0.5) is 0 Å². The zero-order chi connectivity index (χ0) is 20.3. The first-order chi connectivity index (χ1) is 14.1. The number of fused-ring (bicyclic) bond motifs is 1. The summed E-state index contributed by atoms with van der Waals surface area (Å²) in [5.74, 6) is 0.849. The van der Waals surface area contributed by atoms with Crippen LogP contribution in [0.3, 0.4) is 0 Å². The third-order valence-electron chi connectivity index (χ3n) is 5.59. The molecule has 1 saturated heterocycles. The number of nitrogens with zero attached hydrogens (tertiary/aromatic N) is 1. The summed E-state index contributed by atoms with van der Waals surface area (Å²) < 4.78 is 33.5. The zero-order valence-electron chi connectivity index (χ0n) is 16.5. The molecular weight excluding hydrogens is 384 g/mol. The molecule has 29 heavy (non-hydrogen) atoms. The van der Waals surface area contributed by atoms with E-state index in [4.69, 9.17) is 4.74 Å². The van der Waals surface area contributed by atoms with Gasteiger partial charge < -0.3 is 4.74 Å². The van der Waals surface area contributed by atoms with Crippen molar-refractivity contribution in [2.45, 2.75) is 23.8 Å². The maximum absolute atomic E-state index is 12.7. The summed E-state index contributed by atoms with van der Waals surface area (Å²) in [6, 6.07) is 21.5. The number of likely N-dealkylation sites (tertiary alicyclic amines) is 1. The summed E-state index contributed by atoms with van der Waals surface area (Å²) in [5.41, 5.74) is 1.25. The quantitative estimate of drug-likeness (QED) is 0.640. The monoisotopic (exact) mass is 410 g/mol. The van der Waals surface area contributed by atoms with Gasteiger partial charge in [-0.3, -0.25) is 4.90 Å². The fraction of sp³-hybridized carbons (Fsp3) is 0.304. The molecule has 3 aromatic carbocycles. The van der Waals surface area contributed by atoms with Crippen LogP contribution < -0.4 is 9.46 Å². The molecule has 0 radical (unpaired) electrons. The molecule has 152 valence electrons. The minimum Gasteiger partial charge on any atom is -0.497 e. The van der Waals surface area contributed by atoms with E-state index in [-0.39, 0.29) is 0 Å². The van der Waals surface area contributed by atoms with E-state index in [1.165, 1.54) is 5.56 Å². The lowest BCUT2D eigenvalue weighted by atomic mass is 10.0. The smallest absolute Gasteiger partial charge is 0.240 e. The van der Waals surface area contributed by atoms with E-state index in [9.17, 15) is 8.42 Å². The van der Waals surface area contributed by atoms with Crippen molar-refractivity contribution in [3.63, 3.8) is 0 Å². The van der Waals surface area contributed by atoms with Gasteiger partial charge in [0.1, 0.15) is 5.75 Å². The summed E-state index contributed by atoms with van der Waals surface area (Å²) in [6.45, 7) is 2.06. The van der Waals surface area contributed by atoms with Gasteiger partial charge in [0, 0.05) is 19.1 Å². The average Bonchev–Trinajstić information content (AvgIpc) is 3.22. The standard InChI is InChI=1S/C23H26N2O3S/c1-28-21-11-8-19(9-12-21)23-7-4-15-25(23)16-14-24-29(26,27)22-13-10-18-5-2-3-6-20(18)17-22/h2-3,5-6,8-13,17,23-24H,4,7,14-16H2,1H3. The molecule has 1 aliphatic heterocycles. The summed E-state index contributed by atoms with van der Waals surface area (Å²) >= 11 is 0. The van der Waals surface area contributed by atoms with Crippen molar-refractivity contribution in [3.05, 3.63) is 72.3 Å². The number of ether oxygens (including phenoxy) is 1. The molecule has 4 rings (SSSR count). The number of hydrogen-bond acceptors (Lipinski definition) is 4. The highest BCUT2D eigenvalue weighted by molar-refractivity contribution is 7.89. The SMILES string of the molecule is COc1ccc(C2CCCN2CCNS(=O)(=O)c2ccc3ccccc3c2)cc1. The molecule has 1 atom stereocenters. The van der Waals surface area contributed by atoms with Crippen molar-refractivity contribution in [1.82, 2.24) is 9.62 Å². The fourth-order valence-electron chi connectivity index (χ4n) is 4.04. The fourth-order valence-corrected chi connectivity index (χ4v) is 5.09. The Hall–Kier alpha value is -2.41. The Morgan fingerprint density at radius 1 is 1.03 bits per heavy atom. The van der Waals surface area contributed by atoms with Gasteiger partial charge in [-0.15, -0.1) is 0 Å². The van der Waals surface area contributed by atoms with Crippen molar-refractivity contribution in [3.8, 4) is 5.75 Å². The number of rotatable bonds is 7. The topological polar surface area (TPSA) is 58.6 Å². The molecule has 0 saturated carbocycles. The van der Waals surface area contributed by atoms with Crippen molar-refractivity contribution in [1.29, 1.82) is 0 Å². The molecule has 0 aromatic heterocycles. The Balaban J connectivity index is 1.40. The molecule has 1 N–H and O–H groups in total. The Morgan fingerprint density at radius 3 is 2.55 bits per heavy atom. The molecule has 1 heterocycles. The van der Waals surface area contributed by atoms with Gasteiger partial charge in [-0.05, 0) is 60.0 Å². The van der Waals surface area contributed by atoms with Gasteiger partial charge in [-0.25, -0.2) is 13.1 Å². The second kappa shape index (κ2) is 8.53. The summed E-state index contributed by atoms with van der Waals surface area (Å²) in [7, 11) is -1.86. The molecular formula is C23H26N2O3S. The van der Waals surface area contributed by atoms with Crippen LogP contribution in [0.15, 0.2) is 71.6 Å². The average molecular weight is 411 g/mol. The second-order valence-corrected chi connectivity index (χ2v) is 9.14. The molecule has 0 bridgehead atoms. The largest absolute Gasteiger partial charge is 0.497 e. The minimum atomic E-state index is -3.53. The number of methoxy groups -OCH3 is 1. The Bertz CT molecular complexity index is 1080. The Labute approximate surface area is 172 Å². The molecule has 3 aromatic rings. The highest BCUT2D eigenvalue weighted by Gasteiger charge is 2.26. The lowest BCUT2D eigenvalue weighted by Crippen LogP contribution is -2.34. The molecule has 1 fully saturated rings. The number of sulfonamides is 1. The van der Waals surface area contributed by atoms with E-state index in [1.807, 2.05) is 42.5 Å². The normalized spacial score (nSPS) is 17.6. The van der Waals surface area contributed by atoms with E-state index in [0.717, 1.165) is 35.9 Å². The van der Waals surface area contributed by atoms with Crippen LogP contribution in [0.5, 0.6) is 5.75 Å². The van der Waals surface area contributed by atoms with Gasteiger partial charge >= 0.3 is 0 Å². The van der Waals surface area contributed by atoms with Crippen LogP contribution in [-0.2, 0) is 10.0 Å². The predicted octanol–water partition coefficient (Wildman–Crippen LogP) is 3.96. The number of nitrogens with one attached hydrogen (secondary N) is 1.